The highest BCUT2D eigenvalue weighted by Crippen LogP contribution is 2.20. The number of ether oxygens (including phenoxy) is 2. The third-order valence-electron chi connectivity index (χ3n) is 2.36. The fraction of sp³-hybridized carbons (Fsp3) is 0.250. The van der Waals surface area contributed by atoms with Crippen LogP contribution < -0.4 is 4.74 Å². The molecule has 0 radical (unpaired) electrons. The van der Waals surface area contributed by atoms with Gasteiger partial charge in [0.1, 0.15) is 5.75 Å². The van der Waals surface area contributed by atoms with E-state index in [2.05, 4.69) is 14.9 Å². The van der Waals surface area contributed by atoms with Crippen LogP contribution in [0.2, 0.25) is 0 Å². The lowest BCUT2D eigenvalue weighted by Crippen LogP contribution is -2.00. The molecule has 1 heterocycles. The van der Waals surface area contributed by atoms with Crippen molar-refractivity contribution in [3.05, 3.63) is 41.6 Å². The number of methoxy groups -OCH3 is 2. The van der Waals surface area contributed by atoms with Gasteiger partial charge in [-0.15, -0.1) is 10.2 Å². The van der Waals surface area contributed by atoms with Crippen LogP contribution >= 0.6 is 0 Å². The number of aromatic nitrogens is 2. The number of rotatable bonds is 4. The first-order chi connectivity index (χ1) is 8.74. The second-order valence-electron chi connectivity index (χ2n) is 3.48. The van der Waals surface area contributed by atoms with Crippen LogP contribution in [-0.4, -0.2) is 30.4 Å². The number of hydrogen-bond donors (Lipinski definition) is 0. The molecule has 0 atom stereocenters. The van der Waals surface area contributed by atoms with Crippen molar-refractivity contribution in [1.29, 1.82) is 0 Å². The highest BCUT2D eigenvalue weighted by Gasteiger charge is 2.16. The van der Waals surface area contributed by atoms with Gasteiger partial charge in [-0.1, -0.05) is 18.2 Å². The number of esters is 1. The fourth-order valence-corrected chi connectivity index (χ4v) is 1.51. The summed E-state index contributed by atoms with van der Waals surface area (Å²) < 4.78 is 14.9. The molecule has 0 bridgehead atoms. The van der Waals surface area contributed by atoms with E-state index in [1.807, 2.05) is 24.3 Å². The molecule has 2 aromatic rings. The first-order valence-electron chi connectivity index (χ1n) is 5.27. The largest absolute Gasteiger partial charge is 0.496 e. The van der Waals surface area contributed by atoms with Crippen molar-refractivity contribution in [3.8, 4) is 5.75 Å². The SMILES string of the molecule is COC(=O)c1nnc(Cc2ccccc2OC)o1. The molecule has 6 nitrogen and oxygen atoms in total. The van der Waals surface area contributed by atoms with Gasteiger partial charge < -0.3 is 13.9 Å². The second kappa shape index (κ2) is 5.31. The van der Waals surface area contributed by atoms with Crippen LogP contribution in [0.25, 0.3) is 0 Å². The molecule has 0 aliphatic heterocycles. The number of nitrogens with zero attached hydrogens (tertiary/aromatic N) is 2. The van der Waals surface area contributed by atoms with Crippen LogP contribution in [0, 0.1) is 0 Å². The predicted molar refractivity (Wildman–Crippen MR) is 61.4 cm³/mol. The van der Waals surface area contributed by atoms with E-state index in [9.17, 15) is 4.79 Å². The Balaban J connectivity index is 2.19. The molecule has 1 aromatic carbocycles. The van der Waals surface area contributed by atoms with E-state index in [0.717, 1.165) is 11.3 Å². The Morgan fingerprint density at radius 2 is 2.06 bits per heavy atom. The predicted octanol–water partition coefficient (Wildman–Crippen LogP) is 1.46. The zero-order valence-electron chi connectivity index (χ0n) is 10.0. The number of carbonyl (C=O) groups excluding carboxylic acids is 1. The van der Waals surface area contributed by atoms with Crippen LogP contribution in [0.5, 0.6) is 5.75 Å². The summed E-state index contributed by atoms with van der Waals surface area (Å²) in [6.07, 6.45) is 0.397. The molecule has 0 N–H and O–H groups in total. The van der Waals surface area contributed by atoms with Gasteiger partial charge in [-0.25, -0.2) is 4.79 Å². The molecule has 0 saturated heterocycles. The first kappa shape index (κ1) is 12.1. The summed E-state index contributed by atoms with van der Waals surface area (Å²) in [7, 11) is 2.85. The highest BCUT2D eigenvalue weighted by molar-refractivity contribution is 5.83. The number of hydrogen-bond acceptors (Lipinski definition) is 6. The average Bonchev–Trinajstić information content (AvgIpc) is 2.87. The van der Waals surface area contributed by atoms with Gasteiger partial charge in [-0.3, -0.25) is 0 Å². The van der Waals surface area contributed by atoms with E-state index in [-0.39, 0.29) is 5.89 Å². The minimum atomic E-state index is -0.645. The summed E-state index contributed by atoms with van der Waals surface area (Å²) in [5.74, 6) is 0.270. The third kappa shape index (κ3) is 2.48. The van der Waals surface area contributed by atoms with E-state index >= 15 is 0 Å². The Morgan fingerprint density at radius 3 is 2.78 bits per heavy atom. The van der Waals surface area contributed by atoms with Crippen LogP contribution in [0.3, 0.4) is 0 Å². The number of para-hydroxylation sites is 1. The zero-order chi connectivity index (χ0) is 13.0. The molecule has 0 amide bonds. The minimum Gasteiger partial charge on any atom is -0.496 e. The van der Waals surface area contributed by atoms with Crippen LogP contribution in [0.15, 0.2) is 28.7 Å². The van der Waals surface area contributed by atoms with E-state index in [0.29, 0.717) is 12.3 Å². The lowest BCUT2D eigenvalue weighted by molar-refractivity contribution is 0.0554. The summed E-state index contributed by atoms with van der Waals surface area (Å²) >= 11 is 0. The molecule has 94 valence electrons. The zero-order valence-corrected chi connectivity index (χ0v) is 10.0. The van der Waals surface area contributed by atoms with Crippen LogP contribution in [0.1, 0.15) is 22.1 Å². The van der Waals surface area contributed by atoms with Gasteiger partial charge in [0.15, 0.2) is 0 Å². The van der Waals surface area contributed by atoms with Crippen molar-refractivity contribution >= 4 is 5.97 Å². The van der Waals surface area contributed by atoms with Gasteiger partial charge in [-0.2, -0.15) is 0 Å². The Kier molecular flexibility index (Phi) is 3.57. The summed E-state index contributed by atoms with van der Waals surface area (Å²) in [5.41, 5.74) is 0.903. The average molecular weight is 248 g/mol. The molecular weight excluding hydrogens is 236 g/mol. The molecule has 1 aromatic heterocycles. The Labute approximate surface area is 104 Å². The van der Waals surface area contributed by atoms with Crippen LogP contribution in [0.4, 0.5) is 0 Å². The van der Waals surface area contributed by atoms with Crippen molar-refractivity contribution in [1.82, 2.24) is 10.2 Å². The van der Waals surface area contributed by atoms with Gasteiger partial charge in [-0.05, 0) is 6.07 Å². The lowest BCUT2D eigenvalue weighted by atomic mass is 10.1. The third-order valence-corrected chi connectivity index (χ3v) is 2.36. The summed E-state index contributed by atoms with van der Waals surface area (Å²) in [6, 6.07) is 7.49. The van der Waals surface area contributed by atoms with Gasteiger partial charge >= 0.3 is 11.9 Å². The number of carbonyl (C=O) groups is 1. The molecule has 0 fully saturated rings. The molecule has 0 aliphatic carbocycles. The molecule has 0 spiro atoms. The molecule has 18 heavy (non-hydrogen) atoms. The Bertz CT molecular complexity index is 551. The van der Waals surface area contributed by atoms with Gasteiger partial charge in [0.05, 0.1) is 20.6 Å². The fourth-order valence-electron chi connectivity index (χ4n) is 1.51. The monoisotopic (exact) mass is 248 g/mol. The molecule has 2 rings (SSSR count). The minimum absolute atomic E-state index is 0.151. The van der Waals surface area contributed by atoms with Crippen molar-refractivity contribution in [2.75, 3.05) is 14.2 Å². The topological polar surface area (TPSA) is 74.5 Å². The maximum atomic E-state index is 11.2. The van der Waals surface area contributed by atoms with Crippen LogP contribution in [-0.2, 0) is 11.2 Å². The first-order valence-corrected chi connectivity index (χ1v) is 5.27. The lowest BCUT2D eigenvalue weighted by Gasteiger charge is -2.04. The quantitative estimate of drug-likeness (QED) is 0.762. The van der Waals surface area contributed by atoms with E-state index in [1.165, 1.54) is 7.11 Å². The molecule has 0 unspecified atom stereocenters. The normalized spacial score (nSPS) is 10.1. The van der Waals surface area contributed by atoms with Gasteiger partial charge in [0, 0.05) is 5.56 Å². The van der Waals surface area contributed by atoms with Crippen molar-refractivity contribution in [2.24, 2.45) is 0 Å². The van der Waals surface area contributed by atoms with Crippen molar-refractivity contribution in [3.63, 3.8) is 0 Å². The molecule has 0 aliphatic rings. The van der Waals surface area contributed by atoms with E-state index in [1.54, 1.807) is 7.11 Å². The molecule has 6 heteroatoms. The summed E-state index contributed by atoms with van der Waals surface area (Å²) in [4.78, 5) is 11.2. The number of benzene rings is 1. The summed E-state index contributed by atoms with van der Waals surface area (Å²) in [5, 5.41) is 7.39. The van der Waals surface area contributed by atoms with Gasteiger partial charge in [0.2, 0.25) is 5.89 Å². The maximum absolute atomic E-state index is 11.2. The standard InChI is InChI=1S/C12H12N2O4/c1-16-9-6-4-3-5-8(9)7-10-13-14-11(18-10)12(15)17-2/h3-6H,7H2,1-2H3. The Morgan fingerprint density at radius 1 is 1.28 bits per heavy atom. The smallest absolute Gasteiger partial charge is 0.396 e. The molecule has 0 saturated carbocycles. The summed E-state index contributed by atoms with van der Waals surface area (Å²) in [6.45, 7) is 0. The maximum Gasteiger partial charge on any atom is 0.396 e. The second-order valence-corrected chi connectivity index (χ2v) is 3.48. The van der Waals surface area contributed by atoms with Crippen molar-refractivity contribution < 1.29 is 18.7 Å². The molecular formula is C12H12N2O4. The Hall–Kier alpha value is -2.37. The highest BCUT2D eigenvalue weighted by atomic mass is 16.5. The van der Waals surface area contributed by atoms with Crippen molar-refractivity contribution in [2.45, 2.75) is 6.42 Å². The van der Waals surface area contributed by atoms with E-state index in [4.69, 9.17) is 9.15 Å². The van der Waals surface area contributed by atoms with Gasteiger partial charge in [0.25, 0.3) is 0 Å². The van der Waals surface area contributed by atoms with E-state index < -0.39 is 5.97 Å².